The molecule has 1 aromatic rings. The second kappa shape index (κ2) is 8.12. The van der Waals surface area contributed by atoms with Crippen molar-refractivity contribution in [3.63, 3.8) is 0 Å². The lowest BCUT2D eigenvalue weighted by Crippen LogP contribution is -2.41. The Morgan fingerprint density at radius 1 is 1.33 bits per heavy atom. The van der Waals surface area contributed by atoms with Crippen molar-refractivity contribution in [1.82, 2.24) is 20.4 Å². The molecule has 0 aromatic carbocycles. The molecule has 24 heavy (non-hydrogen) atoms. The minimum Gasteiger partial charge on any atom is -0.481 e. The Morgan fingerprint density at radius 2 is 2.00 bits per heavy atom. The van der Waals surface area contributed by atoms with Gasteiger partial charge in [-0.1, -0.05) is 31.3 Å². The van der Waals surface area contributed by atoms with Crippen LogP contribution in [-0.2, 0) is 4.79 Å². The summed E-state index contributed by atoms with van der Waals surface area (Å²) in [5.41, 5.74) is 0. The average Bonchev–Trinajstić information content (AvgIpc) is 3.05. The Hall–Kier alpha value is -2.12. The van der Waals surface area contributed by atoms with Crippen LogP contribution in [0.15, 0.2) is 4.52 Å². The van der Waals surface area contributed by atoms with E-state index in [4.69, 9.17) is 9.63 Å². The molecule has 134 valence electrons. The number of nitrogens with one attached hydrogen (secondary N) is 1. The number of aliphatic carboxylic acids is 1. The van der Waals surface area contributed by atoms with E-state index in [9.17, 15) is 9.59 Å². The molecule has 2 N–H and O–H groups in total. The number of rotatable bonds is 6. The number of aromatic nitrogens is 2. The summed E-state index contributed by atoms with van der Waals surface area (Å²) < 4.78 is 5.29. The van der Waals surface area contributed by atoms with Crippen LogP contribution >= 0.6 is 0 Å². The van der Waals surface area contributed by atoms with Crippen molar-refractivity contribution < 1.29 is 19.2 Å². The van der Waals surface area contributed by atoms with Crippen LogP contribution < -0.4 is 5.32 Å². The van der Waals surface area contributed by atoms with Gasteiger partial charge in [0.2, 0.25) is 5.89 Å². The smallest absolute Gasteiger partial charge is 0.317 e. The van der Waals surface area contributed by atoms with E-state index in [2.05, 4.69) is 15.5 Å². The molecule has 2 amide bonds. The molecule has 1 saturated carbocycles. The molecular formula is C16H26N4O4. The van der Waals surface area contributed by atoms with E-state index in [1.807, 2.05) is 0 Å². The Labute approximate surface area is 141 Å². The predicted octanol–water partition coefficient (Wildman–Crippen LogP) is 2.54. The van der Waals surface area contributed by atoms with Gasteiger partial charge in [0.25, 0.3) is 0 Å². The summed E-state index contributed by atoms with van der Waals surface area (Å²) in [7, 11) is 1.56. The molecular weight excluding hydrogens is 312 g/mol. The summed E-state index contributed by atoms with van der Waals surface area (Å²) in [6, 6.07) is -0.794. The second-order valence-corrected chi connectivity index (χ2v) is 6.62. The fourth-order valence-corrected chi connectivity index (χ4v) is 2.88. The number of hydrogen-bond acceptors (Lipinski definition) is 5. The minimum atomic E-state index is -0.934. The van der Waals surface area contributed by atoms with E-state index in [-0.39, 0.29) is 12.6 Å². The van der Waals surface area contributed by atoms with Gasteiger partial charge in [0.05, 0.1) is 5.92 Å². The summed E-state index contributed by atoms with van der Waals surface area (Å²) in [4.78, 5) is 28.8. The number of amides is 2. The number of nitrogens with zero attached hydrogens (tertiary/aromatic N) is 3. The number of hydrogen-bond donors (Lipinski definition) is 2. The van der Waals surface area contributed by atoms with Crippen molar-refractivity contribution in [2.45, 2.75) is 57.9 Å². The van der Waals surface area contributed by atoms with Crippen molar-refractivity contribution in [2.24, 2.45) is 5.92 Å². The highest BCUT2D eigenvalue weighted by Crippen LogP contribution is 2.31. The van der Waals surface area contributed by atoms with Gasteiger partial charge in [0, 0.05) is 19.5 Å². The van der Waals surface area contributed by atoms with Gasteiger partial charge < -0.3 is 19.8 Å². The maximum atomic E-state index is 12.1. The maximum absolute atomic E-state index is 12.1. The lowest BCUT2D eigenvalue weighted by Gasteiger charge is -2.21. The molecule has 0 aliphatic heterocycles. The highest BCUT2D eigenvalue weighted by molar-refractivity contribution is 5.76. The van der Waals surface area contributed by atoms with Gasteiger partial charge in [0.15, 0.2) is 5.82 Å². The lowest BCUT2D eigenvalue weighted by atomic mass is 9.89. The van der Waals surface area contributed by atoms with Gasteiger partial charge in [-0.2, -0.15) is 4.98 Å². The molecule has 0 bridgehead atoms. The Kier molecular flexibility index (Phi) is 6.16. The molecule has 1 aliphatic carbocycles. The second-order valence-electron chi connectivity index (χ2n) is 6.62. The quantitative estimate of drug-likeness (QED) is 0.825. The third-order valence-electron chi connectivity index (χ3n) is 4.45. The summed E-state index contributed by atoms with van der Waals surface area (Å²) >= 11 is 0. The van der Waals surface area contributed by atoms with Crippen molar-refractivity contribution in [2.75, 3.05) is 13.6 Å². The number of urea groups is 1. The van der Waals surface area contributed by atoms with Crippen molar-refractivity contribution >= 4 is 12.0 Å². The molecule has 0 saturated heterocycles. The first kappa shape index (κ1) is 18.2. The third-order valence-corrected chi connectivity index (χ3v) is 4.45. The molecule has 1 aliphatic rings. The first-order chi connectivity index (χ1) is 11.4. The SMILES string of the molecule is CC(CN(C)C(=O)NC(C)c1nc(C2CCCCC2)no1)C(=O)O. The van der Waals surface area contributed by atoms with E-state index in [0.29, 0.717) is 11.8 Å². The topological polar surface area (TPSA) is 109 Å². The largest absolute Gasteiger partial charge is 0.481 e. The van der Waals surface area contributed by atoms with Crippen LogP contribution in [0.25, 0.3) is 0 Å². The summed E-state index contributed by atoms with van der Waals surface area (Å²) in [6.45, 7) is 3.46. The predicted molar refractivity (Wildman–Crippen MR) is 86.5 cm³/mol. The van der Waals surface area contributed by atoms with Crippen LogP contribution in [0.3, 0.4) is 0 Å². The monoisotopic (exact) mass is 338 g/mol. The van der Waals surface area contributed by atoms with Gasteiger partial charge in [-0.3, -0.25) is 4.79 Å². The van der Waals surface area contributed by atoms with Gasteiger partial charge in [-0.15, -0.1) is 0 Å². The van der Waals surface area contributed by atoms with Crippen molar-refractivity contribution in [3.05, 3.63) is 11.7 Å². The Balaban J connectivity index is 1.89. The van der Waals surface area contributed by atoms with Crippen LogP contribution in [0.2, 0.25) is 0 Å². The molecule has 2 unspecified atom stereocenters. The van der Waals surface area contributed by atoms with Crippen LogP contribution in [0, 0.1) is 5.92 Å². The average molecular weight is 338 g/mol. The summed E-state index contributed by atoms with van der Waals surface area (Å²) in [5, 5.41) is 15.7. The zero-order valence-corrected chi connectivity index (χ0v) is 14.5. The van der Waals surface area contributed by atoms with Crippen molar-refractivity contribution in [3.8, 4) is 0 Å². The highest BCUT2D eigenvalue weighted by atomic mass is 16.5. The standard InChI is InChI=1S/C16H26N4O4/c1-10(15(21)22)9-20(3)16(23)17-11(2)14-18-13(19-24-14)12-7-5-4-6-8-12/h10-12H,4-9H2,1-3H3,(H,17,23)(H,21,22). The van der Waals surface area contributed by atoms with Gasteiger partial charge >= 0.3 is 12.0 Å². The van der Waals surface area contributed by atoms with E-state index in [1.54, 1.807) is 20.9 Å². The molecule has 8 heteroatoms. The molecule has 1 aromatic heterocycles. The summed E-state index contributed by atoms with van der Waals surface area (Å²) in [5.74, 6) is -0.116. The van der Waals surface area contributed by atoms with Gasteiger partial charge in [-0.25, -0.2) is 4.79 Å². The number of carboxylic acids is 1. The highest BCUT2D eigenvalue weighted by Gasteiger charge is 2.24. The molecule has 2 rings (SSSR count). The molecule has 2 atom stereocenters. The number of carbonyl (C=O) groups excluding carboxylic acids is 1. The first-order valence-electron chi connectivity index (χ1n) is 8.46. The van der Waals surface area contributed by atoms with Crippen LogP contribution in [0.4, 0.5) is 4.79 Å². The molecule has 1 fully saturated rings. The van der Waals surface area contributed by atoms with E-state index >= 15 is 0 Å². The van der Waals surface area contributed by atoms with E-state index in [1.165, 1.54) is 24.2 Å². The van der Waals surface area contributed by atoms with Gasteiger partial charge in [-0.05, 0) is 19.8 Å². The zero-order chi connectivity index (χ0) is 17.7. The Morgan fingerprint density at radius 3 is 2.62 bits per heavy atom. The summed E-state index contributed by atoms with van der Waals surface area (Å²) in [6.07, 6.45) is 5.79. The maximum Gasteiger partial charge on any atom is 0.317 e. The molecule has 0 radical (unpaired) electrons. The normalized spacial score (nSPS) is 18.0. The van der Waals surface area contributed by atoms with Crippen LogP contribution in [-0.4, -0.2) is 45.7 Å². The lowest BCUT2D eigenvalue weighted by molar-refractivity contribution is -0.141. The molecule has 8 nitrogen and oxygen atoms in total. The van der Waals surface area contributed by atoms with Crippen LogP contribution in [0.1, 0.15) is 69.6 Å². The third kappa shape index (κ3) is 4.69. The first-order valence-corrected chi connectivity index (χ1v) is 8.46. The van der Waals surface area contributed by atoms with Crippen molar-refractivity contribution in [1.29, 1.82) is 0 Å². The number of carbonyl (C=O) groups is 2. The minimum absolute atomic E-state index is 0.130. The fourth-order valence-electron chi connectivity index (χ4n) is 2.88. The Bertz CT molecular complexity index is 568. The van der Waals surface area contributed by atoms with Gasteiger partial charge in [0.1, 0.15) is 6.04 Å². The fraction of sp³-hybridized carbons (Fsp3) is 0.750. The number of carboxylic acid groups (broad SMARTS) is 1. The van der Waals surface area contributed by atoms with E-state index in [0.717, 1.165) is 18.7 Å². The molecule has 0 spiro atoms. The van der Waals surface area contributed by atoms with E-state index < -0.39 is 17.9 Å². The zero-order valence-electron chi connectivity index (χ0n) is 14.5. The van der Waals surface area contributed by atoms with Crippen LogP contribution in [0.5, 0.6) is 0 Å². The molecule has 1 heterocycles.